The first-order valence-electron chi connectivity index (χ1n) is 8.48. The van der Waals surface area contributed by atoms with Crippen molar-refractivity contribution in [3.8, 4) is 0 Å². The molecule has 1 fully saturated rings. The fourth-order valence-corrected chi connectivity index (χ4v) is 5.60. The van der Waals surface area contributed by atoms with E-state index in [1.807, 2.05) is 12.3 Å². The topological polar surface area (TPSA) is 54.0 Å². The number of anilines is 1. The predicted octanol–water partition coefficient (Wildman–Crippen LogP) is 3.58. The summed E-state index contributed by atoms with van der Waals surface area (Å²) in [4.78, 5) is 18.5. The Kier molecular flexibility index (Phi) is 4.87. The molecule has 0 bridgehead atoms. The van der Waals surface area contributed by atoms with Crippen LogP contribution < -0.4 is 10.6 Å². The van der Waals surface area contributed by atoms with Crippen molar-refractivity contribution in [1.29, 1.82) is 0 Å². The smallest absolute Gasteiger partial charge is 0.243 e. The number of benzene rings is 1. The van der Waals surface area contributed by atoms with Gasteiger partial charge in [-0.2, -0.15) is 0 Å². The number of thioether (sulfide) groups is 1. The second-order valence-electron chi connectivity index (χ2n) is 6.28. The summed E-state index contributed by atoms with van der Waals surface area (Å²) in [7, 11) is 0. The van der Waals surface area contributed by atoms with Crippen molar-refractivity contribution >= 4 is 34.1 Å². The molecule has 2 N–H and O–H groups in total. The van der Waals surface area contributed by atoms with Gasteiger partial charge in [-0.3, -0.25) is 4.79 Å². The zero-order valence-corrected chi connectivity index (χ0v) is 15.1. The number of carbonyl (C=O) groups excluding carboxylic acids is 1. The lowest BCUT2D eigenvalue weighted by Crippen LogP contribution is -2.26. The van der Waals surface area contributed by atoms with Crippen LogP contribution >= 0.6 is 23.1 Å². The van der Waals surface area contributed by atoms with Gasteiger partial charge < -0.3 is 10.6 Å². The van der Waals surface area contributed by atoms with Gasteiger partial charge in [-0.25, -0.2) is 4.98 Å². The third-order valence-electron chi connectivity index (χ3n) is 4.73. The summed E-state index contributed by atoms with van der Waals surface area (Å²) in [5, 5.41) is 7.04. The monoisotopic (exact) mass is 359 g/mol. The summed E-state index contributed by atoms with van der Waals surface area (Å²) in [5.74, 6) is 1.63. The molecule has 126 valence electrons. The zero-order valence-electron chi connectivity index (χ0n) is 13.5. The molecule has 0 radical (unpaired) electrons. The summed E-state index contributed by atoms with van der Waals surface area (Å²) in [6, 6.07) is 8.28. The SMILES string of the molecule is O=C(Nc1ncc(C2CCNCC2)s1)C1SCCc2ccccc21. The van der Waals surface area contributed by atoms with E-state index in [4.69, 9.17) is 0 Å². The molecule has 1 amide bonds. The van der Waals surface area contributed by atoms with Gasteiger partial charge in [-0.1, -0.05) is 24.3 Å². The summed E-state index contributed by atoms with van der Waals surface area (Å²) >= 11 is 3.36. The number of amides is 1. The number of aryl methyl sites for hydroxylation is 1. The van der Waals surface area contributed by atoms with Crippen LogP contribution in [0.2, 0.25) is 0 Å². The molecule has 2 aliphatic rings. The zero-order chi connectivity index (χ0) is 16.4. The molecular formula is C18H21N3OS2. The van der Waals surface area contributed by atoms with E-state index in [0.717, 1.165) is 48.8 Å². The minimum Gasteiger partial charge on any atom is -0.317 e. The summed E-state index contributed by atoms with van der Waals surface area (Å²) in [6.45, 7) is 2.14. The molecular weight excluding hydrogens is 338 g/mol. The molecule has 0 spiro atoms. The van der Waals surface area contributed by atoms with Crippen molar-refractivity contribution in [1.82, 2.24) is 10.3 Å². The Morgan fingerprint density at radius 2 is 2.08 bits per heavy atom. The molecule has 6 heteroatoms. The fraction of sp³-hybridized carbons (Fsp3) is 0.444. The second-order valence-corrected chi connectivity index (χ2v) is 8.56. The van der Waals surface area contributed by atoms with Gasteiger partial charge in [-0.15, -0.1) is 23.1 Å². The molecule has 24 heavy (non-hydrogen) atoms. The molecule has 0 saturated carbocycles. The van der Waals surface area contributed by atoms with Crippen molar-refractivity contribution in [3.63, 3.8) is 0 Å². The molecule has 1 saturated heterocycles. The largest absolute Gasteiger partial charge is 0.317 e. The fourth-order valence-electron chi connectivity index (χ4n) is 3.42. The van der Waals surface area contributed by atoms with Crippen molar-refractivity contribution in [2.45, 2.75) is 30.4 Å². The molecule has 2 aromatic rings. The predicted molar refractivity (Wildman–Crippen MR) is 101 cm³/mol. The van der Waals surface area contributed by atoms with Crippen molar-refractivity contribution in [3.05, 3.63) is 46.5 Å². The highest BCUT2D eigenvalue weighted by atomic mass is 32.2. The number of rotatable bonds is 3. The van der Waals surface area contributed by atoms with Gasteiger partial charge in [0.05, 0.1) is 0 Å². The maximum absolute atomic E-state index is 12.7. The Hall–Kier alpha value is -1.37. The quantitative estimate of drug-likeness (QED) is 0.879. The number of carbonyl (C=O) groups is 1. The average Bonchev–Trinajstić information content (AvgIpc) is 3.10. The molecule has 4 nitrogen and oxygen atoms in total. The van der Waals surface area contributed by atoms with E-state index in [0.29, 0.717) is 5.92 Å². The Morgan fingerprint density at radius 1 is 1.25 bits per heavy atom. The van der Waals surface area contributed by atoms with Gasteiger partial charge >= 0.3 is 0 Å². The van der Waals surface area contributed by atoms with Crippen LogP contribution in [0.25, 0.3) is 0 Å². The minimum absolute atomic E-state index is 0.0540. The van der Waals surface area contributed by atoms with Crippen LogP contribution in [0, 0.1) is 0 Å². The molecule has 1 aromatic carbocycles. The highest BCUT2D eigenvalue weighted by Gasteiger charge is 2.27. The van der Waals surface area contributed by atoms with Crippen LogP contribution in [0.3, 0.4) is 0 Å². The number of fused-ring (bicyclic) bond motifs is 1. The van der Waals surface area contributed by atoms with Crippen LogP contribution in [0.5, 0.6) is 0 Å². The minimum atomic E-state index is -0.124. The van der Waals surface area contributed by atoms with E-state index in [1.54, 1.807) is 23.1 Å². The van der Waals surface area contributed by atoms with Crippen molar-refractivity contribution in [2.75, 3.05) is 24.2 Å². The van der Waals surface area contributed by atoms with Crippen molar-refractivity contribution in [2.24, 2.45) is 0 Å². The van der Waals surface area contributed by atoms with E-state index in [2.05, 4.69) is 33.8 Å². The van der Waals surface area contributed by atoms with Crippen molar-refractivity contribution < 1.29 is 4.79 Å². The average molecular weight is 360 g/mol. The van der Waals surface area contributed by atoms with Crippen LogP contribution in [-0.4, -0.2) is 29.7 Å². The lowest BCUT2D eigenvalue weighted by atomic mass is 9.97. The standard InChI is InChI=1S/C18H21N3OS2/c22-17(16-14-4-2-1-3-12(14)7-10-23-16)21-18-20-11-15(24-18)13-5-8-19-9-6-13/h1-4,11,13,16,19H,5-10H2,(H,20,21,22). The van der Waals surface area contributed by atoms with Crippen LogP contribution in [0.15, 0.2) is 30.5 Å². The Balaban J connectivity index is 1.46. The van der Waals surface area contributed by atoms with Crippen LogP contribution in [0.4, 0.5) is 5.13 Å². The first-order valence-corrected chi connectivity index (χ1v) is 10.3. The number of nitrogens with zero attached hydrogens (tertiary/aromatic N) is 1. The molecule has 4 rings (SSSR count). The van der Waals surface area contributed by atoms with E-state index in [9.17, 15) is 4.79 Å². The lowest BCUT2D eigenvalue weighted by Gasteiger charge is -2.23. The van der Waals surface area contributed by atoms with E-state index < -0.39 is 0 Å². The summed E-state index contributed by atoms with van der Waals surface area (Å²) in [5.41, 5.74) is 2.45. The second kappa shape index (κ2) is 7.25. The molecule has 0 aliphatic carbocycles. The third-order valence-corrected chi connectivity index (χ3v) is 7.04. The first kappa shape index (κ1) is 16.1. The maximum Gasteiger partial charge on any atom is 0.243 e. The molecule has 3 heterocycles. The van der Waals surface area contributed by atoms with Gasteiger partial charge in [-0.05, 0) is 55.1 Å². The number of hydrogen-bond acceptors (Lipinski definition) is 5. The summed E-state index contributed by atoms with van der Waals surface area (Å²) < 4.78 is 0. The highest BCUT2D eigenvalue weighted by Crippen LogP contribution is 2.38. The molecule has 2 aliphatic heterocycles. The van der Waals surface area contributed by atoms with E-state index in [-0.39, 0.29) is 11.2 Å². The third kappa shape index (κ3) is 3.36. The number of nitrogens with one attached hydrogen (secondary N) is 2. The lowest BCUT2D eigenvalue weighted by molar-refractivity contribution is -0.115. The van der Waals surface area contributed by atoms with E-state index in [1.165, 1.54) is 10.4 Å². The van der Waals surface area contributed by atoms with E-state index >= 15 is 0 Å². The van der Waals surface area contributed by atoms with Gasteiger partial charge in [0.15, 0.2) is 5.13 Å². The summed E-state index contributed by atoms with van der Waals surface area (Å²) in [6.07, 6.45) is 5.29. The maximum atomic E-state index is 12.7. The molecule has 1 atom stereocenters. The Labute approximate surface area is 150 Å². The first-order chi connectivity index (χ1) is 11.8. The molecule has 1 unspecified atom stereocenters. The van der Waals surface area contributed by atoms with Crippen LogP contribution in [-0.2, 0) is 11.2 Å². The Bertz CT molecular complexity index is 725. The highest BCUT2D eigenvalue weighted by molar-refractivity contribution is 8.00. The van der Waals surface area contributed by atoms with Gasteiger partial charge in [0.1, 0.15) is 5.25 Å². The number of hydrogen-bond donors (Lipinski definition) is 2. The Morgan fingerprint density at radius 3 is 2.96 bits per heavy atom. The van der Waals surface area contributed by atoms with Gasteiger partial charge in [0, 0.05) is 11.1 Å². The molecule has 1 aromatic heterocycles. The number of aromatic nitrogens is 1. The van der Waals surface area contributed by atoms with Crippen LogP contribution in [0.1, 0.15) is 40.0 Å². The number of thiazole rings is 1. The van der Waals surface area contributed by atoms with Gasteiger partial charge in [0.2, 0.25) is 5.91 Å². The number of piperidine rings is 1. The van der Waals surface area contributed by atoms with Gasteiger partial charge in [0.25, 0.3) is 0 Å². The normalized spacial score (nSPS) is 21.2.